The molecule has 0 fully saturated rings. The molecule has 4 nitrogen and oxygen atoms in total. The number of carbonyl (C=O) groups is 1. The number of amides is 1. The number of hydrogen-bond acceptors (Lipinski definition) is 3. The third-order valence-corrected chi connectivity index (χ3v) is 2.33. The van der Waals surface area contributed by atoms with Crippen LogP contribution in [0.1, 0.15) is 18.1 Å². The Hall–Kier alpha value is -1.83. The summed E-state index contributed by atoms with van der Waals surface area (Å²) in [6.45, 7) is 1.69. The van der Waals surface area contributed by atoms with E-state index in [4.69, 9.17) is 5.73 Å². The first-order valence-corrected chi connectivity index (χ1v) is 5.61. The van der Waals surface area contributed by atoms with Gasteiger partial charge in [-0.15, -0.1) is 0 Å². The standard InChI is InChI=1S/C11H11F3N2O2S/c1-2-18-10(17)16-6-3-4-7(9(15)19)8(5-6)11(12,13)14/h3-5H,2H2,1H3,(H2,15,19)(H,16,17). The van der Waals surface area contributed by atoms with Crippen LogP contribution in [0, 0.1) is 0 Å². The number of halogens is 3. The molecule has 19 heavy (non-hydrogen) atoms. The highest BCUT2D eigenvalue weighted by atomic mass is 32.1. The lowest BCUT2D eigenvalue weighted by atomic mass is 10.1. The number of alkyl halides is 3. The van der Waals surface area contributed by atoms with Gasteiger partial charge in [-0.3, -0.25) is 5.32 Å². The number of benzene rings is 1. The zero-order chi connectivity index (χ0) is 14.6. The predicted octanol–water partition coefficient (Wildman–Crippen LogP) is 2.91. The molecule has 104 valence electrons. The second-order valence-corrected chi connectivity index (χ2v) is 3.91. The Morgan fingerprint density at radius 3 is 2.58 bits per heavy atom. The Kier molecular flexibility index (Phi) is 4.71. The largest absolute Gasteiger partial charge is 0.450 e. The Balaban J connectivity index is 3.12. The molecule has 1 aromatic rings. The molecule has 0 atom stereocenters. The van der Waals surface area contributed by atoms with E-state index in [0.29, 0.717) is 0 Å². The average Bonchev–Trinajstić information content (AvgIpc) is 2.27. The maximum atomic E-state index is 12.8. The molecule has 0 aliphatic rings. The van der Waals surface area contributed by atoms with Gasteiger partial charge in [0.25, 0.3) is 0 Å². The molecule has 0 saturated carbocycles. The molecule has 1 rings (SSSR count). The molecule has 0 bridgehead atoms. The number of thiocarbonyl (C=S) groups is 1. The normalized spacial score (nSPS) is 10.9. The summed E-state index contributed by atoms with van der Waals surface area (Å²) in [4.78, 5) is 10.8. The topological polar surface area (TPSA) is 64.3 Å². The van der Waals surface area contributed by atoms with E-state index in [2.05, 4.69) is 22.3 Å². The zero-order valence-electron chi connectivity index (χ0n) is 9.88. The first kappa shape index (κ1) is 15.2. The molecule has 0 aliphatic heterocycles. The van der Waals surface area contributed by atoms with Crippen LogP contribution in [0.3, 0.4) is 0 Å². The van der Waals surface area contributed by atoms with Crippen LogP contribution in [0.5, 0.6) is 0 Å². The van der Waals surface area contributed by atoms with Gasteiger partial charge in [-0.05, 0) is 25.1 Å². The third-order valence-electron chi connectivity index (χ3n) is 2.11. The quantitative estimate of drug-likeness (QED) is 0.841. The second kappa shape index (κ2) is 5.87. The molecule has 1 aromatic carbocycles. The second-order valence-electron chi connectivity index (χ2n) is 3.47. The zero-order valence-corrected chi connectivity index (χ0v) is 10.7. The summed E-state index contributed by atoms with van der Waals surface area (Å²) < 4.78 is 43.0. The number of hydrogen-bond donors (Lipinski definition) is 2. The van der Waals surface area contributed by atoms with E-state index in [-0.39, 0.29) is 22.8 Å². The summed E-state index contributed by atoms with van der Waals surface area (Å²) in [5, 5.41) is 2.18. The molecule has 1 amide bonds. The van der Waals surface area contributed by atoms with Gasteiger partial charge in [0.1, 0.15) is 4.99 Å². The molecule has 0 radical (unpaired) electrons. The highest BCUT2D eigenvalue weighted by molar-refractivity contribution is 7.80. The maximum Gasteiger partial charge on any atom is 0.417 e. The lowest BCUT2D eigenvalue weighted by Crippen LogP contribution is -2.19. The monoisotopic (exact) mass is 292 g/mol. The van der Waals surface area contributed by atoms with Crippen molar-refractivity contribution in [3.05, 3.63) is 29.3 Å². The van der Waals surface area contributed by atoms with Gasteiger partial charge in [-0.2, -0.15) is 13.2 Å². The molecule has 0 unspecified atom stereocenters. The number of nitrogens with one attached hydrogen (secondary N) is 1. The smallest absolute Gasteiger partial charge is 0.417 e. The molecule has 8 heteroatoms. The predicted molar refractivity (Wildman–Crippen MR) is 68.0 cm³/mol. The van der Waals surface area contributed by atoms with Crippen LogP contribution >= 0.6 is 12.2 Å². The summed E-state index contributed by atoms with van der Waals surface area (Å²) in [5.41, 5.74) is 3.88. The first-order valence-electron chi connectivity index (χ1n) is 5.20. The number of carbonyl (C=O) groups excluding carboxylic acids is 1. The number of ether oxygens (including phenoxy) is 1. The van der Waals surface area contributed by atoms with Crippen molar-refractivity contribution in [2.45, 2.75) is 13.1 Å². The van der Waals surface area contributed by atoms with Crippen molar-refractivity contribution in [3.8, 4) is 0 Å². The summed E-state index contributed by atoms with van der Waals surface area (Å²) in [6.07, 6.45) is -5.45. The van der Waals surface area contributed by atoms with Crippen LogP contribution in [0.2, 0.25) is 0 Å². The van der Waals surface area contributed by atoms with Crippen LogP contribution in [0.25, 0.3) is 0 Å². The average molecular weight is 292 g/mol. The van der Waals surface area contributed by atoms with E-state index in [0.717, 1.165) is 12.1 Å². The van der Waals surface area contributed by atoms with Gasteiger partial charge in [-0.1, -0.05) is 12.2 Å². The van der Waals surface area contributed by atoms with Gasteiger partial charge < -0.3 is 10.5 Å². The van der Waals surface area contributed by atoms with Crippen molar-refractivity contribution < 1.29 is 22.7 Å². The highest BCUT2D eigenvalue weighted by Crippen LogP contribution is 2.33. The molecule has 0 spiro atoms. The van der Waals surface area contributed by atoms with Crippen molar-refractivity contribution in [1.82, 2.24) is 0 Å². The van der Waals surface area contributed by atoms with E-state index < -0.39 is 17.8 Å². The summed E-state index contributed by atoms with van der Waals surface area (Å²) in [6, 6.07) is 3.12. The van der Waals surface area contributed by atoms with Gasteiger partial charge in [0.15, 0.2) is 0 Å². The molecule has 0 aliphatic carbocycles. The summed E-state index contributed by atoms with van der Waals surface area (Å²) in [5.74, 6) is 0. The van der Waals surface area contributed by atoms with E-state index >= 15 is 0 Å². The minimum absolute atomic E-state index is 0.0502. The van der Waals surface area contributed by atoms with Gasteiger partial charge in [0, 0.05) is 11.3 Å². The Morgan fingerprint density at radius 2 is 2.11 bits per heavy atom. The van der Waals surface area contributed by atoms with Crippen molar-refractivity contribution in [3.63, 3.8) is 0 Å². The lowest BCUT2D eigenvalue weighted by Gasteiger charge is -2.14. The van der Waals surface area contributed by atoms with Gasteiger partial charge in [-0.25, -0.2) is 4.79 Å². The summed E-state index contributed by atoms with van der Waals surface area (Å²) >= 11 is 4.56. The van der Waals surface area contributed by atoms with Crippen molar-refractivity contribution >= 4 is 29.0 Å². The molecule has 0 aromatic heterocycles. The SMILES string of the molecule is CCOC(=O)Nc1ccc(C(N)=S)c(C(F)(F)F)c1. The lowest BCUT2D eigenvalue weighted by molar-refractivity contribution is -0.137. The Bertz CT molecular complexity index is 503. The number of rotatable bonds is 3. The minimum atomic E-state index is -4.62. The Morgan fingerprint density at radius 1 is 1.47 bits per heavy atom. The number of anilines is 1. The molecule has 3 N–H and O–H groups in total. The summed E-state index contributed by atoms with van der Waals surface area (Å²) in [7, 11) is 0. The van der Waals surface area contributed by atoms with E-state index in [1.54, 1.807) is 6.92 Å². The number of nitrogens with two attached hydrogens (primary N) is 1. The van der Waals surface area contributed by atoms with Crippen molar-refractivity contribution in [2.24, 2.45) is 5.73 Å². The molecular formula is C11H11F3N2O2S. The van der Waals surface area contributed by atoms with Crippen LogP contribution in [-0.2, 0) is 10.9 Å². The maximum absolute atomic E-state index is 12.8. The third kappa shape index (κ3) is 4.09. The first-order chi connectivity index (χ1) is 8.75. The Labute approximate surface area is 112 Å². The van der Waals surface area contributed by atoms with Crippen LogP contribution in [0.4, 0.5) is 23.7 Å². The fourth-order valence-corrected chi connectivity index (χ4v) is 1.53. The minimum Gasteiger partial charge on any atom is -0.450 e. The van der Waals surface area contributed by atoms with Gasteiger partial charge in [0.05, 0.1) is 12.2 Å². The van der Waals surface area contributed by atoms with Gasteiger partial charge >= 0.3 is 12.3 Å². The fraction of sp³-hybridized carbons (Fsp3) is 0.273. The molecular weight excluding hydrogens is 281 g/mol. The van der Waals surface area contributed by atoms with Crippen LogP contribution in [0.15, 0.2) is 18.2 Å². The van der Waals surface area contributed by atoms with E-state index in [9.17, 15) is 18.0 Å². The van der Waals surface area contributed by atoms with E-state index in [1.807, 2.05) is 0 Å². The van der Waals surface area contributed by atoms with Crippen LogP contribution < -0.4 is 11.1 Å². The van der Waals surface area contributed by atoms with Gasteiger partial charge in [0.2, 0.25) is 0 Å². The van der Waals surface area contributed by atoms with E-state index in [1.165, 1.54) is 6.07 Å². The molecule has 0 saturated heterocycles. The highest BCUT2D eigenvalue weighted by Gasteiger charge is 2.34. The fourth-order valence-electron chi connectivity index (χ4n) is 1.36. The van der Waals surface area contributed by atoms with Crippen molar-refractivity contribution in [1.29, 1.82) is 0 Å². The molecule has 0 heterocycles. The van der Waals surface area contributed by atoms with Crippen LogP contribution in [-0.4, -0.2) is 17.7 Å². The van der Waals surface area contributed by atoms with Crippen molar-refractivity contribution in [2.75, 3.05) is 11.9 Å².